The lowest BCUT2D eigenvalue weighted by Gasteiger charge is -1.98. The Bertz CT molecular complexity index is 1380. The Hall–Kier alpha value is -3.31. The molecule has 6 nitrogen and oxygen atoms in total. The molecule has 0 saturated carbocycles. The molecule has 0 radical (unpaired) electrons. The van der Waals surface area contributed by atoms with Crippen LogP contribution in [0.1, 0.15) is 25.7 Å². The average molecular weight is 452 g/mol. The molecule has 0 bridgehead atoms. The third kappa shape index (κ3) is 2.94. The molecule has 0 amide bonds. The summed E-state index contributed by atoms with van der Waals surface area (Å²) in [4.78, 5) is 37.9. The Morgan fingerprint density at radius 2 is 1.63 bits per heavy atom. The Kier molecular flexibility index (Phi) is 4.29. The van der Waals surface area contributed by atoms with Gasteiger partial charge in [-0.1, -0.05) is 58.8 Å². The summed E-state index contributed by atoms with van der Waals surface area (Å²) in [5, 5.41) is 0.851. The van der Waals surface area contributed by atoms with Gasteiger partial charge in [-0.15, -0.1) is 0 Å². The van der Waals surface area contributed by atoms with Gasteiger partial charge in [-0.25, -0.2) is 4.85 Å². The normalized spacial score (nSPS) is 13.0. The van der Waals surface area contributed by atoms with Gasteiger partial charge in [0.2, 0.25) is 5.89 Å². The number of benzene rings is 2. The average Bonchev–Trinajstić information content (AvgIpc) is 3.37. The number of hydrogen-bond donors (Lipinski definition) is 0. The Labute approximate surface area is 183 Å². The summed E-state index contributed by atoms with van der Waals surface area (Å²) in [6, 6.07) is 9.65. The number of Topliss-reactive ketones (excluding diaryl/α,β-unsaturated/α-hetero) is 2. The van der Waals surface area contributed by atoms with Gasteiger partial charge in [0.15, 0.2) is 22.1 Å². The summed E-state index contributed by atoms with van der Waals surface area (Å²) in [5.41, 5.74) is 1.99. The summed E-state index contributed by atoms with van der Waals surface area (Å²) < 4.78 is 5.70. The van der Waals surface area contributed by atoms with Gasteiger partial charge in [0.05, 0.1) is 22.2 Å². The second kappa shape index (κ2) is 6.89. The number of carbonyl (C=O) groups is 2. The highest BCUT2D eigenvalue weighted by Crippen LogP contribution is 2.35. The first-order valence-corrected chi connectivity index (χ1v) is 10.1. The second-order valence-corrected chi connectivity index (χ2v) is 8.19. The molecule has 144 valence electrons. The van der Waals surface area contributed by atoms with Crippen LogP contribution < -0.4 is 0 Å². The number of hydrogen-bond acceptors (Lipinski definition) is 6. The van der Waals surface area contributed by atoms with E-state index >= 15 is 0 Å². The maximum atomic E-state index is 12.6. The second-order valence-electron chi connectivity index (χ2n) is 6.37. The Balaban J connectivity index is 1.49. The van der Waals surface area contributed by atoms with Crippen LogP contribution in [0, 0.1) is 6.57 Å². The lowest BCUT2D eigenvalue weighted by Crippen LogP contribution is -2.00. The van der Waals surface area contributed by atoms with E-state index in [1.165, 1.54) is 29.5 Å². The zero-order valence-corrected chi connectivity index (χ0v) is 17.1. The number of halogens is 2. The summed E-state index contributed by atoms with van der Waals surface area (Å²) in [5.74, 6) is -0.466. The third-order valence-corrected chi connectivity index (χ3v) is 6.14. The van der Waals surface area contributed by atoms with Crippen LogP contribution in [0.5, 0.6) is 0 Å². The SMILES string of the molecule is [C-]#[N+]c1ccc(-c2nc3sc(C=C4C(=O)c5cc(Cl)c(Cl)cc5C4=O)nc3o2)cc1. The summed E-state index contributed by atoms with van der Waals surface area (Å²) in [6.07, 6.45) is 1.43. The number of fused-ring (bicyclic) bond motifs is 2. The van der Waals surface area contributed by atoms with Gasteiger partial charge >= 0.3 is 0 Å². The molecule has 2 aromatic carbocycles. The molecule has 1 aliphatic rings. The van der Waals surface area contributed by atoms with Crippen molar-refractivity contribution in [2.75, 3.05) is 0 Å². The highest BCUT2D eigenvalue weighted by atomic mass is 35.5. The molecule has 9 heteroatoms. The van der Waals surface area contributed by atoms with Crippen molar-refractivity contribution in [1.82, 2.24) is 9.97 Å². The first-order chi connectivity index (χ1) is 14.4. The zero-order chi connectivity index (χ0) is 21.0. The molecule has 0 fully saturated rings. The highest BCUT2D eigenvalue weighted by molar-refractivity contribution is 7.18. The molecule has 0 spiro atoms. The van der Waals surface area contributed by atoms with Crippen molar-refractivity contribution in [2.24, 2.45) is 0 Å². The van der Waals surface area contributed by atoms with Gasteiger partial charge in [-0.2, -0.15) is 9.97 Å². The standard InChI is InChI=1S/C21H7Cl2N3O3S/c1-24-10-4-2-9(3-5-10)19-26-21-20(29-19)25-16(30-21)8-13-17(27)11-6-14(22)15(23)7-12(11)18(13)28/h2-8H. The van der Waals surface area contributed by atoms with E-state index in [0.29, 0.717) is 27.1 Å². The monoisotopic (exact) mass is 451 g/mol. The maximum Gasteiger partial charge on any atom is 0.259 e. The van der Waals surface area contributed by atoms with E-state index in [-0.39, 0.29) is 26.7 Å². The van der Waals surface area contributed by atoms with Gasteiger partial charge in [-0.3, -0.25) is 9.59 Å². The number of rotatable bonds is 2. The molecule has 0 unspecified atom stereocenters. The molecule has 0 atom stereocenters. The maximum absolute atomic E-state index is 12.6. The van der Waals surface area contributed by atoms with Crippen molar-refractivity contribution in [3.05, 3.63) is 79.6 Å². The molecule has 0 N–H and O–H groups in total. The molecule has 2 heterocycles. The molecule has 0 aliphatic heterocycles. The number of nitrogens with zero attached hydrogens (tertiary/aromatic N) is 3. The molecular weight excluding hydrogens is 445 g/mol. The minimum atomic E-state index is -0.422. The van der Waals surface area contributed by atoms with E-state index in [1.807, 2.05) is 0 Å². The van der Waals surface area contributed by atoms with Gasteiger partial charge in [0, 0.05) is 16.7 Å². The van der Waals surface area contributed by atoms with Crippen LogP contribution in [0.3, 0.4) is 0 Å². The topological polar surface area (TPSA) is 77.4 Å². The van der Waals surface area contributed by atoms with Gasteiger partial charge in [-0.05, 0) is 18.2 Å². The quantitative estimate of drug-likeness (QED) is 0.204. The van der Waals surface area contributed by atoms with Crippen LogP contribution in [0.4, 0.5) is 5.69 Å². The number of allylic oxidation sites excluding steroid dienone is 1. The molecular formula is C21H7Cl2N3O3S. The third-order valence-electron chi connectivity index (χ3n) is 4.54. The van der Waals surface area contributed by atoms with Crippen molar-refractivity contribution in [1.29, 1.82) is 0 Å². The fourth-order valence-corrected chi connectivity index (χ4v) is 4.23. The van der Waals surface area contributed by atoms with Crippen molar-refractivity contribution >= 4 is 68.4 Å². The Morgan fingerprint density at radius 3 is 2.20 bits per heavy atom. The smallest absolute Gasteiger partial charge is 0.259 e. The summed E-state index contributed by atoms with van der Waals surface area (Å²) in [7, 11) is 0. The van der Waals surface area contributed by atoms with Crippen LogP contribution in [-0.4, -0.2) is 21.5 Å². The minimum Gasteiger partial charge on any atom is -0.417 e. The van der Waals surface area contributed by atoms with Crippen molar-refractivity contribution in [3.8, 4) is 11.5 Å². The van der Waals surface area contributed by atoms with Crippen LogP contribution in [-0.2, 0) is 0 Å². The van der Waals surface area contributed by atoms with Crippen LogP contribution in [0.2, 0.25) is 10.0 Å². The molecule has 5 rings (SSSR count). The largest absolute Gasteiger partial charge is 0.417 e. The number of ketones is 2. The highest BCUT2D eigenvalue weighted by Gasteiger charge is 2.34. The van der Waals surface area contributed by atoms with Crippen LogP contribution in [0.15, 0.2) is 46.4 Å². The molecule has 0 saturated heterocycles. The predicted molar refractivity (Wildman–Crippen MR) is 114 cm³/mol. The lowest BCUT2D eigenvalue weighted by atomic mass is 10.1. The van der Waals surface area contributed by atoms with Crippen molar-refractivity contribution in [3.63, 3.8) is 0 Å². The number of thiazole rings is 1. The van der Waals surface area contributed by atoms with E-state index in [4.69, 9.17) is 34.2 Å². The molecule has 2 aromatic heterocycles. The minimum absolute atomic E-state index is 0.00491. The van der Waals surface area contributed by atoms with Crippen molar-refractivity contribution < 1.29 is 14.0 Å². The fraction of sp³-hybridized carbons (Fsp3) is 0. The van der Waals surface area contributed by atoms with Crippen molar-refractivity contribution in [2.45, 2.75) is 0 Å². The van der Waals surface area contributed by atoms with E-state index in [2.05, 4.69) is 14.8 Å². The molecule has 1 aliphatic carbocycles. The van der Waals surface area contributed by atoms with Crippen LogP contribution in [0.25, 0.3) is 32.9 Å². The van der Waals surface area contributed by atoms with E-state index < -0.39 is 11.6 Å². The lowest BCUT2D eigenvalue weighted by molar-refractivity contribution is 0.0990. The first kappa shape index (κ1) is 18.7. The molecule has 30 heavy (non-hydrogen) atoms. The fourth-order valence-electron chi connectivity index (χ4n) is 3.09. The predicted octanol–water partition coefficient (Wildman–Crippen LogP) is 6.27. The number of aromatic nitrogens is 2. The van der Waals surface area contributed by atoms with Gasteiger partial charge in [0.25, 0.3) is 5.71 Å². The number of oxazole rings is 1. The number of carbonyl (C=O) groups excluding carboxylic acids is 2. The van der Waals surface area contributed by atoms with Crippen LogP contribution >= 0.6 is 34.5 Å². The zero-order valence-electron chi connectivity index (χ0n) is 14.8. The molecule has 4 aromatic rings. The van der Waals surface area contributed by atoms with Gasteiger partial charge in [0.1, 0.15) is 5.01 Å². The van der Waals surface area contributed by atoms with E-state index in [9.17, 15) is 9.59 Å². The van der Waals surface area contributed by atoms with E-state index in [0.717, 1.165) is 5.56 Å². The summed E-state index contributed by atoms with van der Waals surface area (Å²) in [6.45, 7) is 7.00. The summed E-state index contributed by atoms with van der Waals surface area (Å²) >= 11 is 13.1. The van der Waals surface area contributed by atoms with E-state index in [1.54, 1.807) is 24.3 Å². The Morgan fingerprint density at radius 1 is 1.00 bits per heavy atom. The van der Waals surface area contributed by atoms with Gasteiger partial charge < -0.3 is 4.42 Å². The first-order valence-electron chi connectivity index (χ1n) is 8.50.